The molecule has 2 aromatic carbocycles. The predicted octanol–water partition coefficient (Wildman–Crippen LogP) is 4.42. The van der Waals surface area contributed by atoms with Gasteiger partial charge in [-0.15, -0.1) is 0 Å². The summed E-state index contributed by atoms with van der Waals surface area (Å²) in [4.78, 5) is 4.55. The molecule has 3 nitrogen and oxygen atoms in total. The maximum atomic E-state index is 10.0. The van der Waals surface area contributed by atoms with Gasteiger partial charge in [0.2, 0.25) is 0 Å². The number of benzene rings is 2. The summed E-state index contributed by atoms with van der Waals surface area (Å²) in [6, 6.07) is 12.7. The second-order valence-electron chi connectivity index (χ2n) is 4.79. The SMILES string of the molecule is Nc1cccc2ccc(Cc3cc(Cl)cc(Cl)c3O)nc12. The molecular formula is C16H12Cl2N2O. The van der Waals surface area contributed by atoms with E-state index in [0.717, 1.165) is 16.6 Å². The predicted molar refractivity (Wildman–Crippen MR) is 87.1 cm³/mol. The molecule has 0 aliphatic rings. The first kappa shape index (κ1) is 14.0. The molecule has 1 aromatic heterocycles. The highest BCUT2D eigenvalue weighted by atomic mass is 35.5. The third-order valence-corrected chi connectivity index (χ3v) is 3.79. The molecule has 0 bridgehead atoms. The number of phenolic OH excluding ortho intramolecular Hbond substituents is 1. The zero-order chi connectivity index (χ0) is 15.0. The minimum atomic E-state index is 0.0315. The quantitative estimate of drug-likeness (QED) is 0.687. The van der Waals surface area contributed by atoms with Gasteiger partial charge < -0.3 is 10.8 Å². The van der Waals surface area contributed by atoms with E-state index in [4.69, 9.17) is 28.9 Å². The van der Waals surface area contributed by atoms with Gasteiger partial charge in [0, 0.05) is 28.1 Å². The summed E-state index contributed by atoms with van der Waals surface area (Å²) in [5.41, 5.74) is 8.74. The molecule has 106 valence electrons. The van der Waals surface area contributed by atoms with Crippen LogP contribution in [0.25, 0.3) is 10.9 Å². The number of aromatic nitrogens is 1. The van der Waals surface area contributed by atoms with Crippen LogP contribution < -0.4 is 5.73 Å². The highest BCUT2D eigenvalue weighted by Crippen LogP contribution is 2.32. The molecule has 0 fully saturated rings. The normalized spacial score (nSPS) is 11.0. The highest BCUT2D eigenvalue weighted by Gasteiger charge is 2.10. The lowest BCUT2D eigenvalue weighted by Gasteiger charge is -2.08. The maximum absolute atomic E-state index is 10.0. The van der Waals surface area contributed by atoms with Gasteiger partial charge in [-0.2, -0.15) is 0 Å². The Labute approximate surface area is 131 Å². The number of phenols is 1. The smallest absolute Gasteiger partial charge is 0.137 e. The van der Waals surface area contributed by atoms with Crippen LogP contribution in [-0.2, 0) is 6.42 Å². The average Bonchev–Trinajstić information content (AvgIpc) is 2.45. The van der Waals surface area contributed by atoms with Gasteiger partial charge in [-0.05, 0) is 24.3 Å². The Hall–Kier alpha value is -1.97. The molecule has 3 aromatic rings. The van der Waals surface area contributed by atoms with E-state index in [-0.39, 0.29) is 10.8 Å². The van der Waals surface area contributed by atoms with Gasteiger partial charge in [-0.3, -0.25) is 4.98 Å². The Bertz CT molecular complexity index is 834. The molecule has 3 rings (SSSR count). The molecule has 5 heteroatoms. The van der Waals surface area contributed by atoms with E-state index in [1.54, 1.807) is 6.07 Å². The van der Waals surface area contributed by atoms with E-state index in [0.29, 0.717) is 22.7 Å². The van der Waals surface area contributed by atoms with E-state index in [1.807, 2.05) is 30.3 Å². The Balaban J connectivity index is 2.04. The summed E-state index contributed by atoms with van der Waals surface area (Å²) in [6.45, 7) is 0. The Morgan fingerprint density at radius 1 is 1.10 bits per heavy atom. The monoisotopic (exact) mass is 318 g/mol. The topological polar surface area (TPSA) is 59.1 Å². The summed E-state index contributed by atoms with van der Waals surface area (Å²) >= 11 is 11.9. The molecular weight excluding hydrogens is 307 g/mol. The fourth-order valence-electron chi connectivity index (χ4n) is 2.26. The van der Waals surface area contributed by atoms with Crippen LogP contribution in [0.5, 0.6) is 5.75 Å². The Morgan fingerprint density at radius 2 is 1.90 bits per heavy atom. The number of nitrogens with zero attached hydrogens (tertiary/aromatic N) is 1. The summed E-state index contributed by atoms with van der Waals surface area (Å²) in [6.07, 6.45) is 0.427. The lowest BCUT2D eigenvalue weighted by atomic mass is 10.1. The lowest BCUT2D eigenvalue weighted by molar-refractivity contribution is 0.469. The first-order chi connectivity index (χ1) is 10.0. The second-order valence-corrected chi connectivity index (χ2v) is 5.64. The van der Waals surface area contributed by atoms with Crippen molar-refractivity contribution >= 4 is 39.8 Å². The average molecular weight is 319 g/mol. The van der Waals surface area contributed by atoms with Gasteiger partial charge in [0.05, 0.1) is 16.2 Å². The van der Waals surface area contributed by atoms with Gasteiger partial charge in [0.15, 0.2) is 0 Å². The fraction of sp³-hybridized carbons (Fsp3) is 0.0625. The van der Waals surface area contributed by atoms with Crippen LogP contribution >= 0.6 is 23.2 Å². The molecule has 0 spiro atoms. The van der Waals surface area contributed by atoms with Crippen LogP contribution in [0.3, 0.4) is 0 Å². The summed E-state index contributed by atoms with van der Waals surface area (Å²) in [5.74, 6) is 0.0315. The number of halogens is 2. The number of hydrogen-bond acceptors (Lipinski definition) is 3. The van der Waals surface area contributed by atoms with Crippen molar-refractivity contribution in [2.24, 2.45) is 0 Å². The fourth-order valence-corrected chi connectivity index (χ4v) is 2.79. The number of fused-ring (bicyclic) bond motifs is 1. The van der Waals surface area contributed by atoms with Gasteiger partial charge >= 0.3 is 0 Å². The zero-order valence-corrected chi connectivity index (χ0v) is 12.5. The summed E-state index contributed by atoms with van der Waals surface area (Å²) < 4.78 is 0. The number of para-hydroxylation sites is 1. The van der Waals surface area contributed by atoms with Crippen molar-refractivity contribution in [3.63, 3.8) is 0 Å². The molecule has 21 heavy (non-hydrogen) atoms. The molecule has 1 heterocycles. The van der Waals surface area contributed by atoms with Crippen molar-refractivity contribution < 1.29 is 5.11 Å². The second kappa shape index (κ2) is 5.43. The van der Waals surface area contributed by atoms with Crippen LogP contribution in [0.15, 0.2) is 42.5 Å². The number of pyridine rings is 1. The standard InChI is InChI=1S/C16H12Cl2N2O/c17-11-6-10(16(21)13(18)8-11)7-12-5-4-9-2-1-3-14(19)15(9)20-12/h1-6,8,21H,7,19H2. The van der Waals surface area contributed by atoms with Crippen LogP contribution in [0.2, 0.25) is 10.0 Å². The maximum Gasteiger partial charge on any atom is 0.137 e. The third-order valence-electron chi connectivity index (χ3n) is 3.29. The van der Waals surface area contributed by atoms with Crippen molar-refractivity contribution in [3.05, 3.63) is 63.8 Å². The van der Waals surface area contributed by atoms with Crippen molar-refractivity contribution in [2.45, 2.75) is 6.42 Å². The van der Waals surface area contributed by atoms with Crippen molar-refractivity contribution in [1.82, 2.24) is 4.98 Å². The molecule has 0 amide bonds. The number of rotatable bonds is 2. The van der Waals surface area contributed by atoms with Crippen molar-refractivity contribution in [1.29, 1.82) is 0 Å². The minimum absolute atomic E-state index is 0.0315. The minimum Gasteiger partial charge on any atom is -0.506 e. The molecule has 3 N–H and O–H groups in total. The number of anilines is 1. The number of hydrogen-bond donors (Lipinski definition) is 2. The van der Waals surface area contributed by atoms with Gasteiger partial charge in [-0.1, -0.05) is 41.4 Å². The highest BCUT2D eigenvalue weighted by molar-refractivity contribution is 6.35. The zero-order valence-electron chi connectivity index (χ0n) is 11.0. The van der Waals surface area contributed by atoms with Crippen LogP contribution in [-0.4, -0.2) is 10.1 Å². The summed E-state index contributed by atoms with van der Waals surface area (Å²) in [5, 5.41) is 11.7. The largest absolute Gasteiger partial charge is 0.506 e. The van der Waals surface area contributed by atoms with Gasteiger partial charge in [0.25, 0.3) is 0 Å². The molecule has 0 unspecified atom stereocenters. The number of nitrogens with two attached hydrogens (primary N) is 1. The number of aromatic hydroxyl groups is 1. The van der Waals surface area contributed by atoms with Crippen LogP contribution in [0.4, 0.5) is 5.69 Å². The first-order valence-electron chi connectivity index (χ1n) is 6.35. The molecule has 0 saturated heterocycles. The Morgan fingerprint density at radius 3 is 2.71 bits per heavy atom. The first-order valence-corrected chi connectivity index (χ1v) is 7.11. The molecule has 0 saturated carbocycles. The third kappa shape index (κ3) is 2.75. The van der Waals surface area contributed by atoms with Crippen LogP contribution in [0, 0.1) is 0 Å². The van der Waals surface area contributed by atoms with Crippen molar-refractivity contribution in [2.75, 3.05) is 5.73 Å². The van der Waals surface area contributed by atoms with E-state index < -0.39 is 0 Å². The van der Waals surface area contributed by atoms with Crippen LogP contribution in [0.1, 0.15) is 11.3 Å². The van der Waals surface area contributed by atoms with Gasteiger partial charge in [0.1, 0.15) is 5.75 Å². The van der Waals surface area contributed by atoms with Gasteiger partial charge in [-0.25, -0.2) is 0 Å². The van der Waals surface area contributed by atoms with E-state index in [2.05, 4.69) is 4.98 Å². The summed E-state index contributed by atoms with van der Waals surface area (Å²) in [7, 11) is 0. The Kier molecular flexibility index (Phi) is 3.62. The van der Waals surface area contributed by atoms with E-state index in [1.165, 1.54) is 6.07 Å². The van der Waals surface area contributed by atoms with E-state index >= 15 is 0 Å². The molecule has 0 aliphatic heterocycles. The van der Waals surface area contributed by atoms with Crippen molar-refractivity contribution in [3.8, 4) is 5.75 Å². The molecule has 0 atom stereocenters. The molecule has 0 radical (unpaired) electrons. The lowest BCUT2D eigenvalue weighted by Crippen LogP contribution is -1.96. The molecule has 0 aliphatic carbocycles. The van der Waals surface area contributed by atoms with E-state index in [9.17, 15) is 5.11 Å². The number of nitrogen functional groups attached to an aromatic ring is 1.